The van der Waals surface area contributed by atoms with E-state index in [2.05, 4.69) is 30.9 Å². The number of carboxylic acids is 1. The standard InChI is InChI=1S/C19H33N9O5/c1-10(2)15(28-16(30)12(20)4-3-5-24-19(21)22)17(31)25-8-14(29)27-13(18(32)33)6-11-7-23-9-26-11/h7,9-10,12-13,15H,3-6,8,20H2,1-2H3,(H,23,26)(H,25,31)(H,27,29)(H,28,30)(H,32,33)(H4,21,22,24). The molecule has 11 N–H and O–H groups in total. The molecule has 184 valence electrons. The third kappa shape index (κ3) is 10.5. The first kappa shape index (κ1) is 27.4. The molecule has 0 aliphatic rings. The number of carboxylic acid groups (broad SMARTS) is 1. The van der Waals surface area contributed by atoms with Crippen molar-refractivity contribution in [1.82, 2.24) is 25.9 Å². The number of nitrogens with two attached hydrogens (primary N) is 3. The number of aromatic nitrogens is 2. The van der Waals surface area contributed by atoms with Crippen molar-refractivity contribution < 1.29 is 24.3 Å². The molecule has 0 aliphatic heterocycles. The maximum Gasteiger partial charge on any atom is 0.326 e. The first-order valence-electron chi connectivity index (χ1n) is 10.4. The Hall–Kier alpha value is -3.68. The lowest BCUT2D eigenvalue weighted by Crippen LogP contribution is -2.55. The highest BCUT2D eigenvalue weighted by Gasteiger charge is 2.27. The lowest BCUT2D eigenvalue weighted by molar-refractivity contribution is -0.141. The predicted octanol–water partition coefficient (Wildman–Crippen LogP) is -2.84. The number of hydrogen-bond donors (Lipinski definition) is 8. The Morgan fingerprint density at radius 1 is 1.18 bits per heavy atom. The van der Waals surface area contributed by atoms with Crippen molar-refractivity contribution in [2.45, 2.75) is 51.2 Å². The number of H-pyrrole nitrogens is 1. The van der Waals surface area contributed by atoms with E-state index in [9.17, 15) is 24.3 Å². The molecule has 1 aromatic heterocycles. The topological polar surface area (TPSA) is 244 Å². The minimum absolute atomic E-state index is 0.000763. The summed E-state index contributed by atoms with van der Waals surface area (Å²) in [5, 5.41) is 16.6. The van der Waals surface area contributed by atoms with Gasteiger partial charge in [-0.1, -0.05) is 13.8 Å². The molecule has 0 aliphatic carbocycles. The quantitative estimate of drug-likeness (QED) is 0.0796. The van der Waals surface area contributed by atoms with E-state index >= 15 is 0 Å². The fraction of sp³-hybridized carbons (Fsp3) is 0.579. The average Bonchev–Trinajstić information content (AvgIpc) is 3.25. The number of hydrogen-bond acceptors (Lipinski definition) is 7. The highest BCUT2D eigenvalue weighted by atomic mass is 16.4. The van der Waals surface area contributed by atoms with Crippen molar-refractivity contribution in [1.29, 1.82) is 0 Å². The van der Waals surface area contributed by atoms with E-state index in [0.29, 0.717) is 25.1 Å². The summed E-state index contributed by atoms with van der Waals surface area (Å²) in [6.45, 7) is 3.30. The zero-order valence-electron chi connectivity index (χ0n) is 18.7. The molecule has 14 nitrogen and oxygen atoms in total. The molecule has 0 bridgehead atoms. The van der Waals surface area contributed by atoms with Crippen molar-refractivity contribution >= 4 is 29.7 Å². The zero-order chi connectivity index (χ0) is 25.0. The van der Waals surface area contributed by atoms with Crippen molar-refractivity contribution in [3.8, 4) is 0 Å². The van der Waals surface area contributed by atoms with Gasteiger partial charge in [-0.15, -0.1) is 0 Å². The molecule has 3 amide bonds. The van der Waals surface area contributed by atoms with Crippen molar-refractivity contribution in [2.24, 2.45) is 28.1 Å². The molecule has 1 aromatic rings. The van der Waals surface area contributed by atoms with Gasteiger partial charge in [0.1, 0.15) is 12.1 Å². The van der Waals surface area contributed by atoms with Gasteiger partial charge in [0.2, 0.25) is 17.7 Å². The number of nitrogens with zero attached hydrogens (tertiary/aromatic N) is 2. The second-order valence-electron chi connectivity index (χ2n) is 7.74. The van der Waals surface area contributed by atoms with Crippen LogP contribution < -0.4 is 33.2 Å². The van der Waals surface area contributed by atoms with Gasteiger partial charge in [0.05, 0.1) is 18.9 Å². The molecule has 3 unspecified atom stereocenters. The highest BCUT2D eigenvalue weighted by Crippen LogP contribution is 2.04. The molecular weight excluding hydrogens is 434 g/mol. The Labute approximate surface area is 191 Å². The van der Waals surface area contributed by atoms with E-state index in [1.807, 2.05) is 0 Å². The number of rotatable bonds is 14. The van der Waals surface area contributed by atoms with E-state index in [4.69, 9.17) is 17.2 Å². The molecule has 14 heteroatoms. The van der Waals surface area contributed by atoms with Crippen LogP contribution >= 0.6 is 0 Å². The van der Waals surface area contributed by atoms with Crippen LogP contribution in [0.2, 0.25) is 0 Å². The van der Waals surface area contributed by atoms with E-state index in [0.717, 1.165) is 0 Å². The zero-order valence-corrected chi connectivity index (χ0v) is 18.7. The predicted molar refractivity (Wildman–Crippen MR) is 120 cm³/mol. The molecule has 0 saturated carbocycles. The molecule has 0 aromatic carbocycles. The Kier molecular flexibility index (Phi) is 11.3. The number of aliphatic imine (C=N–C) groups is 1. The Morgan fingerprint density at radius 2 is 1.88 bits per heavy atom. The summed E-state index contributed by atoms with van der Waals surface area (Å²) in [4.78, 5) is 58.8. The highest BCUT2D eigenvalue weighted by molar-refractivity contribution is 5.92. The van der Waals surface area contributed by atoms with Gasteiger partial charge in [-0.25, -0.2) is 9.78 Å². The Bertz CT molecular complexity index is 822. The maximum absolute atomic E-state index is 12.5. The number of nitrogens with one attached hydrogen (secondary N) is 4. The normalized spacial score (nSPS) is 13.5. The summed E-state index contributed by atoms with van der Waals surface area (Å²) in [6, 6.07) is -3.00. The van der Waals surface area contributed by atoms with Gasteiger partial charge in [0, 0.05) is 24.9 Å². The van der Waals surface area contributed by atoms with Gasteiger partial charge in [-0.3, -0.25) is 19.4 Å². The van der Waals surface area contributed by atoms with E-state index in [1.165, 1.54) is 12.5 Å². The summed E-state index contributed by atoms with van der Waals surface area (Å²) >= 11 is 0. The van der Waals surface area contributed by atoms with Crippen LogP contribution in [0.5, 0.6) is 0 Å². The lowest BCUT2D eigenvalue weighted by atomic mass is 10.0. The number of amides is 3. The van der Waals surface area contributed by atoms with Crippen molar-refractivity contribution in [3.63, 3.8) is 0 Å². The van der Waals surface area contributed by atoms with Crippen LogP contribution in [-0.4, -0.2) is 75.9 Å². The van der Waals surface area contributed by atoms with Crippen LogP contribution in [0.3, 0.4) is 0 Å². The van der Waals surface area contributed by atoms with Gasteiger partial charge < -0.3 is 43.2 Å². The number of guanidine groups is 1. The number of aromatic amines is 1. The molecule has 3 atom stereocenters. The first-order chi connectivity index (χ1) is 15.5. The van der Waals surface area contributed by atoms with E-state index in [1.54, 1.807) is 13.8 Å². The van der Waals surface area contributed by atoms with Crippen LogP contribution in [0.4, 0.5) is 0 Å². The summed E-state index contributed by atoms with van der Waals surface area (Å²) in [6.07, 6.45) is 3.64. The largest absolute Gasteiger partial charge is 0.480 e. The minimum Gasteiger partial charge on any atom is -0.480 e. The smallest absolute Gasteiger partial charge is 0.326 e. The van der Waals surface area contributed by atoms with E-state index in [-0.39, 0.29) is 18.3 Å². The third-order valence-electron chi connectivity index (χ3n) is 4.59. The molecule has 0 radical (unpaired) electrons. The van der Waals surface area contributed by atoms with Crippen molar-refractivity contribution in [2.75, 3.05) is 13.1 Å². The van der Waals surface area contributed by atoms with E-state index < -0.39 is 48.4 Å². The number of aliphatic carboxylic acids is 1. The fourth-order valence-corrected chi connectivity index (χ4v) is 2.78. The second kappa shape index (κ2) is 13.7. The molecule has 33 heavy (non-hydrogen) atoms. The molecule has 0 spiro atoms. The molecule has 1 heterocycles. The molecule has 0 saturated heterocycles. The van der Waals surface area contributed by atoms with Crippen LogP contribution in [0.1, 0.15) is 32.4 Å². The van der Waals surface area contributed by atoms with Crippen molar-refractivity contribution in [3.05, 3.63) is 18.2 Å². The first-order valence-corrected chi connectivity index (χ1v) is 10.4. The summed E-state index contributed by atoms with van der Waals surface area (Å²) in [5.74, 6) is -3.39. The van der Waals surface area contributed by atoms with Gasteiger partial charge in [0.25, 0.3) is 0 Å². The fourth-order valence-electron chi connectivity index (χ4n) is 2.78. The number of carbonyl (C=O) groups is 4. The van der Waals surface area contributed by atoms with Gasteiger partial charge in [0.15, 0.2) is 5.96 Å². The number of carbonyl (C=O) groups excluding carboxylic acids is 3. The summed E-state index contributed by atoms with van der Waals surface area (Å²) in [7, 11) is 0. The monoisotopic (exact) mass is 467 g/mol. The van der Waals surface area contributed by atoms with Crippen LogP contribution in [0, 0.1) is 5.92 Å². The SMILES string of the molecule is CC(C)C(NC(=O)C(N)CCCN=C(N)N)C(=O)NCC(=O)NC(Cc1cnc[nH]1)C(=O)O. The van der Waals surface area contributed by atoms with Gasteiger partial charge in [-0.05, 0) is 18.8 Å². The Morgan fingerprint density at radius 3 is 2.42 bits per heavy atom. The average molecular weight is 468 g/mol. The molecule has 0 fully saturated rings. The summed E-state index contributed by atoms with van der Waals surface area (Å²) < 4.78 is 0. The van der Waals surface area contributed by atoms with Crippen LogP contribution in [-0.2, 0) is 25.6 Å². The Balaban J connectivity index is 2.55. The maximum atomic E-state index is 12.5. The lowest BCUT2D eigenvalue weighted by Gasteiger charge is -2.23. The minimum atomic E-state index is -1.23. The molecule has 1 rings (SSSR count). The van der Waals surface area contributed by atoms with Crippen LogP contribution in [0.25, 0.3) is 0 Å². The van der Waals surface area contributed by atoms with Gasteiger partial charge >= 0.3 is 5.97 Å². The molecular formula is C19H33N9O5. The van der Waals surface area contributed by atoms with Crippen LogP contribution in [0.15, 0.2) is 17.5 Å². The number of imidazole rings is 1. The summed E-state index contributed by atoms with van der Waals surface area (Å²) in [5.41, 5.74) is 16.9. The second-order valence-corrected chi connectivity index (χ2v) is 7.74. The third-order valence-corrected chi connectivity index (χ3v) is 4.59. The van der Waals surface area contributed by atoms with Gasteiger partial charge in [-0.2, -0.15) is 0 Å².